The highest BCUT2D eigenvalue weighted by atomic mass is 32.2. The van der Waals surface area contributed by atoms with Gasteiger partial charge in [-0.3, -0.25) is 4.90 Å². The zero-order valence-electron chi connectivity index (χ0n) is 13.3. The van der Waals surface area contributed by atoms with Crippen LogP contribution >= 0.6 is 0 Å². The van der Waals surface area contributed by atoms with Crippen LogP contribution < -0.4 is 5.32 Å². The Balaban J connectivity index is 1.80. The van der Waals surface area contributed by atoms with Gasteiger partial charge >= 0.3 is 0 Å². The Morgan fingerprint density at radius 1 is 1.12 bits per heavy atom. The molecule has 1 aliphatic rings. The number of sulfonamides is 1. The highest BCUT2D eigenvalue weighted by Crippen LogP contribution is 2.26. The molecule has 0 unspecified atom stereocenters. The molecule has 5 nitrogen and oxygen atoms in total. The van der Waals surface area contributed by atoms with Crippen molar-refractivity contribution in [3.05, 3.63) is 59.9 Å². The van der Waals surface area contributed by atoms with E-state index >= 15 is 0 Å². The highest BCUT2D eigenvalue weighted by molar-refractivity contribution is 7.90. The van der Waals surface area contributed by atoms with Crippen LogP contribution in [0.5, 0.6) is 0 Å². The Kier molecular flexibility index (Phi) is 4.83. The second-order valence-electron chi connectivity index (χ2n) is 5.61. The maximum atomic E-state index is 13.0. The van der Waals surface area contributed by atoms with Crippen LogP contribution in [-0.4, -0.2) is 32.2 Å². The topological polar surface area (TPSA) is 61.8 Å². The zero-order valence-corrected chi connectivity index (χ0v) is 14.1. The van der Waals surface area contributed by atoms with Crippen molar-refractivity contribution in [3.63, 3.8) is 0 Å². The summed E-state index contributed by atoms with van der Waals surface area (Å²) >= 11 is 0. The number of halogens is 1. The fourth-order valence-corrected chi connectivity index (χ4v) is 3.73. The predicted octanol–water partition coefficient (Wildman–Crippen LogP) is 2.47. The molecule has 0 aromatic heterocycles. The van der Waals surface area contributed by atoms with E-state index in [1.807, 2.05) is 4.90 Å². The summed E-state index contributed by atoms with van der Waals surface area (Å²) in [5.41, 5.74) is 1.37. The van der Waals surface area contributed by atoms with Gasteiger partial charge in [-0.05, 0) is 29.8 Å². The maximum absolute atomic E-state index is 13.0. The second-order valence-corrected chi connectivity index (χ2v) is 7.18. The number of anilines is 1. The average Bonchev–Trinajstić information content (AvgIpc) is 2.56. The second kappa shape index (κ2) is 7.05. The summed E-state index contributed by atoms with van der Waals surface area (Å²) in [5.74, 6) is 2.54. The maximum Gasteiger partial charge on any atom is 0.286 e. The van der Waals surface area contributed by atoms with E-state index < -0.39 is 10.0 Å². The van der Waals surface area contributed by atoms with Crippen LogP contribution in [0.15, 0.2) is 57.8 Å². The SMILES string of the molecule is C#CCN(CC1=NS(=O)(=O)c2ccccc2N1)Cc1ccc(F)cc1. The fraction of sp³-hybridized carbons (Fsp3) is 0.167. The minimum Gasteiger partial charge on any atom is -0.341 e. The number of benzene rings is 2. The first kappa shape index (κ1) is 17.1. The lowest BCUT2D eigenvalue weighted by molar-refractivity contribution is 0.342. The van der Waals surface area contributed by atoms with E-state index in [0.717, 1.165) is 5.56 Å². The van der Waals surface area contributed by atoms with Crippen LogP contribution in [0, 0.1) is 18.2 Å². The summed E-state index contributed by atoms with van der Waals surface area (Å²) in [6.07, 6.45) is 5.41. The fourth-order valence-electron chi connectivity index (χ4n) is 2.59. The number of nitrogens with one attached hydrogen (secondary N) is 1. The van der Waals surface area contributed by atoms with E-state index in [-0.39, 0.29) is 17.3 Å². The van der Waals surface area contributed by atoms with E-state index in [1.54, 1.807) is 30.3 Å². The summed E-state index contributed by atoms with van der Waals surface area (Å²) in [7, 11) is -3.73. The molecule has 1 aliphatic heterocycles. The molecular weight excluding hydrogens is 341 g/mol. The van der Waals surface area contributed by atoms with Crippen LogP contribution in [0.3, 0.4) is 0 Å². The van der Waals surface area contributed by atoms with Gasteiger partial charge in [0.15, 0.2) is 0 Å². The minimum atomic E-state index is -3.73. The molecule has 0 atom stereocenters. The number of amidine groups is 1. The van der Waals surface area contributed by atoms with Crippen molar-refractivity contribution >= 4 is 21.5 Å². The van der Waals surface area contributed by atoms with E-state index in [0.29, 0.717) is 24.6 Å². The van der Waals surface area contributed by atoms with Gasteiger partial charge < -0.3 is 5.32 Å². The Morgan fingerprint density at radius 2 is 1.84 bits per heavy atom. The predicted molar refractivity (Wildman–Crippen MR) is 95.2 cm³/mol. The van der Waals surface area contributed by atoms with Gasteiger partial charge in [-0.2, -0.15) is 8.42 Å². The van der Waals surface area contributed by atoms with Gasteiger partial charge in [0.1, 0.15) is 16.5 Å². The summed E-state index contributed by atoms with van der Waals surface area (Å²) in [6, 6.07) is 12.7. The van der Waals surface area contributed by atoms with Crippen molar-refractivity contribution in [2.45, 2.75) is 11.4 Å². The molecule has 0 aliphatic carbocycles. The molecule has 1 N–H and O–H groups in total. The van der Waals surface area contributed by atoms with Crippen molar-refractivity contribution in [1.29, 1.82) is 0 Å². The lowest BCUT2D eigenvalue weighted by atomic mass is 10.2. The third-order valence-electron chi connectivity index (χ3n) is 3.68. The number of nitrogens with zero attached hydrogens (tertiary/aromatic N) is 2. The van der Waals surface area contributed by atoms with Crippen LogP contribution in [0.1, 0.15) is 5.56 Å². The lowest BCUT2D eigenvalue weighted by Crippen LogP contribution is -2.35. The van der Waals surface area contributed by atoms with Gasteiger partial charge in [0.2, 0.25) is 0 Å². The molecule has 25 heavy (non-hydrogen) atoms. The molecule has 0 fully saturated rings. The van der Waals surface area contributed by atoms with Crippen molar-refractivity contribution in [2.75, 3.05) is 18.4 Å². The van der Waals surface area contributed by atoms with Gasteiger partial charge in [0.05, 0.1) is 18.8 Å². The molecule has 0 amide bonds. The molecular formula is C18H16FN3O2S. The molecule has 2 aromatic rings. The van der Waals surface area contributed by atoms with Gasteiger partial charge in [-0.15, -0.1) is 10.8 Å². The van der Waals surface area contributed by atoms with Crippen LogP contribution in [0.2, 0.25) is 0 Å². The van der Waals surface area contributed by atoms with Crippen LogP contribution in [0.4, 0.5) is 10.1 Å². The summed E-state index contributed by atoms with van der Waals surface area (Å²) in [6.45, 7) is 0.988. The Hall–Kier alpha value is -2.69. The number of hydrogen-bond acceptors (Lipinski definition) is 4. The van der Waals surface area contributed by atoms with Gasteiger partial charge in [0.25, 0.3) is 10.0 Å². The molecule has 0 spiro atoms. The van der Waals surface area contributed by atoms with Gasteiger partial charge in [-0.1, -0.05) is 30.2 Å². The number of fused-ring (bicyclic) bond motifs is 1. The quantitative estimate of drug-likeness (QED) is 0.835. The third-order valence-corrected chi connectivity index (χ3v) is 5.05. The first-order valence-corrected chi connectivity index (χ1v) is 9.02. The lowest BCUT2D eigenvalue weighted by Gasteiger charge is -2.24. The Labute approximate surface area is 146 Å². The smallest absolute Gasteiger partial charge is 0.286 e. The monoisotopic (exact) mass is 357 g/mol. The van der Waals surface area contributed by atoms with Crippen LogP contribution in [-0.2, 0) is 16.6 Å². The number of terminal acetylenes is 1. The molecule has 128 valence electrons. The molecule has 3 rings (SSSR count). The molecule has 0 saturated carbocycles. The van der Waals surface area contributed by atoms with E-state index in [9.17, 15) is 12.8 Å². The Morgan fingerprint density at radius 3 is 2.56 bits per heavy atom. The standard InChI is InChI=1S/C18H16FN3O2S/c1-2-11-22(12-14-7-9-15(19)10-8-14)13-18-20-16-5-3-4-6-17(16)25(23,24)21-18/h1,3-10H,11-13H2,(H,20,21). The molecule has 7 heteroatoms. The first-order chi connectivity index (χ1) is 12.0. The first-order valence-electron chi connectivity index (χ1n) is 7.58. The highest BCUT2D eigenvalue weighted by Gasteiger charge is 2.25. The van der Waals surface area contributed by atoms with E-state index in [1.165, 1.54) is 18.2 Å². The van der Waals surface area contributed by atoms with Crippen molar-refractivity contribution in [2.24, 2.45) is 4.40 Å². The number of hydrogen-bond donors (Lipinski definition) is 1. The normalized spacial score (nSPS) is 15.0. The van der Waals surface area contributed by atoms with Crippen LogP contribution in [0.25, 0.3) is 0 Å². The third kappa shape index (κ3) is 4.05. The summed E-state index contributed by atoms with van der Waals surface area (Å²) in [5, 5.41) is 3.04. The van der Waals surface area contributed by atoms with E-state index in [4.69, 9.17) is 6.42 Å². The summed E-state index contributed by atoms with van der Waals surface area (Å²) < 4.78 is 41.5. The molecule has 2 aromatic carbocycles. The zero-order chi connectivity index (χ0) is 17.9. The van der Waals surface area contributed by atoms with Gasteiger partial charge in [0, 0.05) is 6.54 Å². The summed E-state index contributed by atoms with van der Waals surface area (Å²) in [4.78, 5) is 2.00. The molecule has 1 heterocycles. The van der Waals surface area contributed by atoms with Crippen molar-refractivity contribution in [1.82, 2.24) is 4.90 Å². The van der Waals surface area contributed by atoms with Gasteiger partial charge in [-0.25, -0.2) is 4.39 Å². The molecule has 0 radical (unpaired) electrons. The molecule has 0 bridgehead atoms. The van der Waals surface area contributed by atoms with E-state index in [2.05, 4.69) is 15.6 Å². The van der Waals surface area contributed by atoms with Crippen molar-refractivity contribution < 1.29 is 12.8 Å². The average molecular weight is 357 g/mol. The molecule has 0 saturated heterocycles. The Bertz CT molecular complexity index is 947. The largest absolute Gasteiger partial charge is 0.341 e. The number of rotatable bonds is 5. The number of para-hydroxylation sites is 1. The van der Waals surface area contributed by atoms with Crippen molar-refractivity contribution in [3.8, 4) is 12.3 Å². The minimum absolute atomic E-state index is 0.154.